The van der Waals surface area contributed by atoms with E-state index in [0.717, 1.165) is 0 Å². The Kier molecular flexibility index (Phi) is 38.4. The Labute approximate surface area is 358 Å². The lowest BCUT2D eigenvalue weighted by molar-refractivity contribution is -0.127. The Bertz CT molecular complexity index is 1240. The number of amides is 6. The number of rotatable bonds is 44. The third kappa shape index (κ3) is 42.3. The molecule has 61 heavy (non-hydrogen) atoms. The zero-order chi connectivity index (χ0) is 45.2. The second kappa shape index (κ2) is 41.2. The molecule has 0 saturated heterocycles. The number of hydrogen-bond acceptors (Lipinski definition) is 16. The van der Waals surface area contributed by atoms with E-state index in [1.807, 2.05) is 0 Å². The summed E-state index contributed by atoms with van der Waals surface area (Å²) >= 11 is 0. The number of unbranched alkanes of at least 4 members (excludes halogenated alkanes) is 1. The van der Waals surface area contributed by atoms with Gasteiger partial charge in [-0.25, -0.2) is 0 Å². The Hall–Kier alpha value is -4.16. The van der Waals surface area contributed by atoms with Crippen molar-refractivity contribution in [1.29, 1.82) is 0 Å². The molecule has 7 N–H and O–H groups in total. The molecule has 22 heteroatoms. The predicted octanol–water partition coefficient (Wildman–Crippen LogP) is -2.29. The van der Waals surface area contributed by atoms with Crippen LogP contribution in [0.25, 0.3) is 0 Å². The molecule has 6 amide bonds. The van der Waals surface area contributed by atoms with Crippen molar-refractivity contribution < 1.29 is 76.3 Å². The molecule has 1 atom stereocenters. The van der Waals surface area contributed by atoms with Crippen LogP contribution in [-0.4, -0.2) is 185 Å². The van der Waals surface area contributed by atoms with Gasteiger partial charge in [0.15, 0.2) is 5.78 Å². The van der Waals surface area contributed by atoms with Gasteiger partial charge in [-0.2, -0.15) is 0 Å². The molecule has 0 aliphatic carbocycles. The van der Waals surface area contributed by atoms with Crippen LogP contribution in [0.3, 0.4) is 0 Å². The summed E-state index contributed by atoms with van der Waals surface area (Å²) in [4.78, 5) is 92.7. The standard InChI is InChI=1S/C39H70N6O16/c1-31(46)26-33(39(40)53)6-3-4-9-41-36(50)28-59-23-21-57-17-13-45-38(52)30-61-25-20-55-15-11-43-35(49)8-5-7-34(48)42-10-14-54-19-24-60-29-37(51)44-12-16-56-18-22-58-27-32(2)47/h33H,3-30H2,1-2H3,(H2,40,53)(H,41,50)(H,42,48)(H,43,49)(H,44,51)(H,45,52)/t33-/m1/s1. The molecule has 0 rings (SSSR count). The zero-order valence-corrected chi connectivity index (χ0v) is 36.0. The lowest BCUT2D eigenvalue weighted by Gasteiger charge is -2.11. The van der Waals surface area contributed by atoms with E-state index < -0.39 is 11.8 Å². The molecule has 0 aromatic rings. The quantitative estimate of drug-likeness (QED) is 0.0351. The minimum Gasteiger partial charge on any atom is -0.377 e. The lowest BCUT2D eigenvalue weighted by Crippen LogP contribution is -2.32. The van der Waals surface area contributed by atoms with E-state index in [2.05, 4.69) is 26.6 Å². The van der Waals surface area contributed by atoms with Crippen molar-refractivity contribution in [3.8, 4) is 0 Å². The highest BCUT2D eigenvalue weighted by atomic mass is 16.5. The first-order chi connectivity index (χ1) is 29.4. The number of ether oxygens (including phenoxy) is 8. The number of Topliss-reactive ketones (excluding diaryl/α,β-unsaturated/α-hetero) is 2. The number of nitrogens with one attached hydrogen (secondary N) is 5. The fraction of sp³-hybridized carbons (Fsp3) is 0.795. The number of hydrogen-bond donors (Lipinski definition) is 6. The summed E-state index contributed by atoms with van der Waals surface area (Å²) in [5.74, 6) is -2.39. The summed E-state index contributed by atoms with van der Waals surface area (Å²) in [6.45, 7) is 7.16. The molecular formula is C39H70N6O16. The minimum atomic E-state index is -0.491. The maximum absolute atomic E-state index is 12.0. The normalized spacial score (nSPS) is 11.4. The van der Waals surface area contributed by atoms with Crippen molar-refractivity contribution in [2.24, 2.45) is 11.7 Å². The van der Waals surface area contributed by atoms with Gasteiger partial charge < -0.3 is 75.0 Å². The molecule has 0 spiro atoms. The Balaban J connectivity index is 3.49. The molecule has 0 aliphatic heterocycles. The first-order valence-corrected chi connectivity index (χ1v) is 20.6. The molecule has 0 saturated carbocycles. The van der Waals surface area contributed by atoms with Crippen LogP contribution in [0.5, 0.6) is 0 Å². The summed E-state index contributed by atoms with van der Waals surface area (Å²) < 4.78 is 42.2. The Morgan fingerprint density at radius 1 is 0.393 bits per heavy atom. The Morgan fingerprint density at radius 2 is 0.738 bits per heavy atom. The zero-order valence-electron chi connectivity index (χ0n) is 36.0. The molecule has 0 radical (unpaired) electrons. The number of primary amides is 1. The van der Waals surface area contributed by atoms with Gasteiger partial charge in [0, 0.05) is 57.9 Å². The fourth-order valence-corrected chi connectivity index (χ4v) is 4.82. The molecule has 0 heterocycles. The molecule has 0 aliphatic rings. The second-order valence-electron chi connectivity index (χ2n) is 13.5. The van der Waals surface area contributed by atoms with Crippen LogP contribution in [0.15, 0.2) is 0 Å². The number of carbonyl (C=O) groups is 8. The van der Waals surface area contributed by atoms with Crippen LogP contribution in [0.4, 0.5) is 0 Å². The van der Waals surface area contributed by atoms with Crippen LogP contribution in [0.1, 0.15) is 58.8 Å². The van der Waals surface area contributed by atoms with E-state index >= 15 is 0 Å². The van der Waals surface area contributed by atoms with Gasteiger partial charge in [0.2, 0.25) is 35.4 Å². The SMILES string of the molecule is CC(=O)COCCOCCNC(=O)COCCOCCNC(=O)CCCC(=O)NCCOCCOCC(=O)NCCOCCOCC(=O)NCCCC[C@H](CC(C)=O)C(N)=O. The third-order valence-electron chi connectivity index (χ3n) is 7.81. The first kappa shape index (κ1) is 56.8. The van der Waals surface area contributed by atoms with Crippen LogP contribution in [-0.2, 0) is 76.3 Å². The number of nitrogens with two attached hydrogens (primary N) is 1. The summed E-state index contributed by atoms with van der Waals surface area (Å²) in [7, 11) is 0. The molecule has 0 aromatic carbocycles. The van der Waals surface area contributed by atoms with Crippen LogP contribution in [0, 0.1) is 5.92 Å². The summed E-state index contributed by atoms with van der Waals surface area (Å²) in [6.07, 6.45) is 2.68. The minimum absolute atomic E-state index is 0.0555. The fourth-order valence-electron chi connectivity index (χ4n) is 4.82. The van der Waals surface area contributed by atoms with Gasteiger partial charge >= 0.3 is 0 Å². The lowest BCUT2D eigenvalue weighted by atomic mass is 9.96. The molecule has 22 nitrogen and oxygen atoms in total. The van der Waals surface area contributed by atoms with Gasteiger partial charge in [-0.1, -0.05) is 6.42 Å². The van der Waals surface area contributed by atoms with Crippen LogP contribution < -0.4 is 32.3 Å². The smallest absolute Gasteiger partial charge is 0.246 e. The first-order valence-electron chi connectivity index (χ1n) is 20.6. The van der Waals surface area contributed by atoms with Crippen molar-refractivity contribution in [1.82, 2.24) is 26.6 Å². The maximum Gasteiger partial charge on any atom is 0.246 e. The highest BCUT2D eigenvalue weighted by molar-refractivity contribution is 5.84. The summed E-state index contributed by atoms with van der Waals surface area (Å²) in [5, 5.41) is 13.4. The van der Waals surface area contributed by atoms with Gasteiger partial charge in [-0.3, -0.25) is 33.6 Å². The molecule has 0 bridgehead atoms. The summed E-state index contributed by atoms with van der Waals surface area (Å²) in [5.41, 5.74) is 5.31. The van der Waals surface area contributed by atoms with Crippen LogP contribution in [0.2, 0.25) is 0 Å². The largest absolute Gasteiger partial charge is 0.377 e. The van der Waals surface area contributed by atoms with Crippen molar-refractivity contribution in [3.63, 3.8) is 0 Å². The Morgan fingerprint density at radius 3 is 1.10 bits per heavy atom. The van der Waals surface area contributed by atoms with E-state index in [9.17, 15) is 38.4 Å². The maximum atomic E-state index is 12.0. The van der Waals surface area contributed by atoms with Gasteiger partial charge in [0.25, 0.3) is 0 Å². The van der Waals surface area contributed by atoms with E-state index in [1.54, 1.807) is 0 Å². The van der Waals surface area contributed by atoms with E-state index in [1.165, 1.54) is 13.8 Å². The van der Waals surface area contributed by atoms with Crippen molar-refractivity contribution >= 4 is 47.0 Å². The van der Waals surface area contributed by atoms with E-state index in [0.29, 0.717) is 65.1 Å². The van der Waals surface area contributed by atoms with Crippen LogP contribution >= 0.6 is 0 Å². The van der Waals surface area contributed by atoms with E-state index in [-0.39, 0.29) is 159 Å². The molecule has 352 valence electrons. The second-order valence-corrected chi connectivity index (χ2v) is 13.5. The van der Waals surface area contributed by atoms with Crippen molar-refractivity contribution in [2.45, 2.75) is 58.8 Å². The number of carbonyl (C=O) groups excluding carboxylic acids is 8. The highest BCUT2D eigenvalue weighted by Crippen LogP contribution is 2.12. The van der Waals surface area contributed by atoms with Gasteiger partial charge in [0.1, 0.15) is 32.2 Å². The predicted molar refractivity (Wildman–Crippen MR) is 218 cm³/mol. The average Bonchev–Trinajstić information content (AvgIpc) is 3.20. The average molecular weight is 879 g/mol. The van der Waals surface area contributed by atoms with Crippen molar-refractivity contribution in [3.05, 3.63) is 0 Å². The molecule has 0 aromatic heterocycles. The molecule has 0 fully saturated rings. The third-order valence-corrected chi connectivity index (χ3v) is 7.81. The number of ketones is 2. The monoisotopic (exact) mass is 878 g/mol. The highest BCUT2D eigenvalue weighted by Gasteiger charge is 2.17. The van der Waals surface area contributed by atoms with Gasteiger partial charge in [0.05, 0.1) is 79.3 Å². The topological polar surface area (TPSA) is 297 Å². The van der Waals surface area contributed by atoms with Gasteiger partial charge in [-0.05, 0) is 33.1 Å². The molecular weight excluding hydrogens is 808 g/mol. The van der Waals surface area contributed by atoms with Gasteiger partial charge in [-0.15, -0.1) is 0 Å². The summed E-state index contributed by atoms with van der Waals surface area (Å²) in [6, 6.07) is 0. The van der Waals surface area contributed by atoms with E-state index in [4.69, 9.17) is 43.6 Å². The van der Waals surface area contributed by atoms with Crippen molar-refractivity contribution in [2.75, 3.05) is 138 Å². The molecule has 0 unspecified atom stereocenters.